The predicted molar refractivity (Wildman–Crippen MR) is 102 cm³/mol. The number of hydrogen-bond donors (Lipinski definition) is 0. The van der Waals surface area contributed by atoms with E-state index in [1.54, 1.807) is 23.0 Å². The van der Waals surface area contributed by atoms with Crippen molar-refractivity contribution >= 4 is 51.0 Å². The SMILES string of the molecule is COC(=O)c1sc2ncc(C(=O)/C=C\c3cnn(CCCl)c3)cc2c1C. The molecular formula is C18H16ClN3O3S. The number of aromatic nitrogens is 3. The van der Waals surface area contributed by atoms with Crippen LogP contribution < -0.4 is 0 Å². The van der Waals surface area contributed by atoms with Crippen LogP contribution in [0, 0.1) is 6.92 Å². The van der Waals surface area contributed by atoms with Crippen LogP contribution >= 0.6 is 22.9 Å². The van der Waals surface area contributed by atoms with Crippen molar-refractivity contribution in [3.8, 4) is 0 Å². The van der Waals surface area contributed by atoms with Crippen molar-refractivity contribution in [3.05, 3.63) is 52.3 Å². The maximum atomic E-state index is 12.4. The summed E-state index contributed by atoms with van der Waals surface area (Å²) in [4.78, 5) is 29.7. The minimum absolute atomic E-state index is 0.172. The van der Waals surface area contributed by atoms with E-state index < -0.39 is 5.97 Å². The van der Waals surface area contributed by atoms with Crippen LogP contribution in [0.3, 0.4) is 0 Å². The summed E-state index contributed by atoms with van der Waals surface area (Å²) in [6.07, 6.45) is 8.18. The lowest BCUT2D eigenvalue weighted by atomic mass is 10.1. The van der Waals surface area contributed by atoms with Gasteiger partial charge < -0.3 is 4.74 Å². The number of allylic oxidation sites excluding steroid dienone is 1. The molecule has 0 unspecified atom stereocenters. The molecule has 0 bridgehead atoms. The molecule has 0 aliphatic carbocycles. The zero-order valence-electron chi connectivity index (χ0n) is 14.2. The lowest BCUT2D eigenvalue weighted by Gasteiger charge is -1.98. The Morgan fingerprint density at radius 1 is 1.38 bits per heavy atom. The van der Waals surface area contributed by atoms with Gasteiger partial charge >= 0.3 is 5.97 Å². The lowest BCUT2D eigenvalue weighted by molar-refractivity contribution is 0.0605. The molecule has 0 amide bonds. The van der Waals surface area contributed by atoms with Crippen molar-refractivity contribution in [1.29, 1.82) is 0 Å². The fourth-order valence-corrected chi connectivity index (χ4v) is 3.69. The topological polar surface area (TPSA) is 74.1 Å². The largest absolute Gasteiger partial charge is 0.465 e. The van der Waals surface area contributed by atoms with Gasteiger partial charge in [-0.05, 0) is 30.7 Å². The minimum Gasteiger partial charge on any atom is -0.465 e. The first-order chi connectivity index (χ1) is 12.5. The summed E-state index contributed by atoms with van der Waals surface area (Å²) in [5.74, 6) is -0.0924. The fraction of sp³-hybridized carbons (Fsp3) is 0.222. The number of esters is 1. The lowest BCUT2D eigenvalue weighted by Crippen LogP contribution is -1.99. The summed E-state index contributed by atoms with van der Waals surface area (Å²) in [7, 11) is 1.34. The third kappa shape index (κ3) is 3.68. The highest BCUT2D eigenvalue weighted by atomic mass is 35.5. The molecule has 6 nitrogen and oxygen atoms in total. The molecule has 0 aliphatic heterocycles. The smallest absolute Gasteiger partial charge is 0.348 e. The monoisotopic (exact) mass is 389 g/mol. The zero-order chi connectivity index (χ0) is 18.7. The number of carbonyl (C=O) groups excluding carboxylic acids is 2. The molecule has 134 valence electrons. The first-order valence-electron chi connectivity index (χ1n) is 7.81. The van der Waals surface area contributed by atoms with Gasteiger partial charge in [0.05, 0.1) is 19.9 Å². The van der Waals surface area contributed by atoms with Crippen molar-refractivity contribution in [2.75, 3.05) is 13.0 Å². The van der Waals surface area contributed by atoms with Crippen molar-refractivity contribution in [3.63, 3.8) is 0 Å². The summed E-state index contributed by atoms with van der Waals surface area (Å²) in [5.41, 5.74) is 2.04. The van der Waals surface area contributed by atoms with Crippen LogP contribution in [0.5, 0.6) is 0 Å². The summed E-state index contributed by atoms with van der Waals surface area (Å²) in [5, 5.41) is 4.93. The van der Waals surface area contributed by atoms with Crippen molar-refractivity contribution in [1.82, 2.24) is 14.8 Å². The average Bonchev–Trinajstić information content (AvgIpc) is 3.23. The van der Waals surface area contributed by atoms with Gasteiger partial charge in [-0.2, -0.15) is 5.10 Å². The highest BCUT2D eigenvalue weighted by Gasteiger charge is 2.17. The molecule has 0 saturated carbocycles. The van der Waals surface area contributed by atoms with Gasteiger partial charge in [0.2, 0.25) is 0 Å². The second kappa shape index (κ2) is 7.80. The molecule has 3 aromatic rings. The van der Waals surface area contributed by atoms with E-state index in [0.717, 1.165) is 16.5 Å². The molecule has 0 fully saturated rings. The van der Waals surface area contributed by atoms with Crippen LogP contribution in [0.15, 0.2) is 30.7 Å². The van der Waals surface area contributed by atoms with Crippen LogP contribution in [0.25, 0.3) is 16.3 Å². The zero-order valence-corrected chi connectivity index (χ0v) is 15.8. The molecule has 3 rings (SSSR count). The first kappa shape index (κ1) is 18.3. The minimum atomic E-state index is -0.396. The van der Waals surface area contributed by atoms with Crippen LogP contribution in [0.1, 0.15) is 31.2 Å². The molecule has 3 aromatic heterocycles. The Morgan fingerprint density at radius 3 is 2.92 bits per heavy atom. The molecule has 0 spiro atoms. The van der Waals surface area contributed by atoms with Gasteiger partial charge in [0.1, 0.15) is 9.71 Å². The number of carbonyl (C=O) groups is 2. The van der Waals surface area contributed by atoms with Crippen LogP contribution in [-0.4, -0.2) is 39.5 Å². The molecule has 8 heteroatoms. The van der Waals surface area contributed by atoms with Crippen LogP contribution in [0.4, 0.5) is 0 Å². The highest BCUT2D eigenvalue weighted by molar-refractivity contribution is 7.20. The van der Waals surface area contributed by atoms with E-state index in [1.165, 1.54) is 30.7 Å². The van der Waals surface area contributed by atoms with Gasteiger partial charge in [0.15, 0.2) is 5.78 Å². The normalized spacial score (nSPS) is 11.3. The van der Waals surface area contributed by atoms with E-state index in [9.17, 15) is 9.59 Å². The molecule has 0 radical (unpaired) electrons. The third-order valence-electron chi connectivity index (χ3n) is 3.84. The Balaban J connectivity index is 1.84. The summed E-state index contributed by atoms with van der Waals surface area (Å²) in [6, 6.07) is 1.75. The number of ether oxygens (including phenoxy) is 1. The number of nitrogens with zero attached hydrogens (tertiary/aromatic N) is 3. The van der Waals surface area contributed by atoms with E-state index in [-0.39, 0.29) is 5.78 Å². The Hall–Kier alpha value is -2.51. The standard InChI is InChI=1S/C18H16ClN3O3S/c1-11-14-7-13(9-20-17(14)26-16(11)18(24)25-2)15(23)4-3-12-8-21-22(10-12)6-5-19/h3-4,7-10H,5-6H2,1-2H3/b4-3-. The third-order valence-corrected chi connectivity index (χ3v) is 5.21. The average molecular weight is 390 g/mol. The summed E-state index contributed by atoms with van der Waals surface area (Å²) < 4.78 is 6.50. The fourth-order valence-electron chi connectivity index (χ4n) is 2.46. The van der Waals surface area contributed by atoms with Crippen LogP contribution in [-0.2, 0) is 11.3 Å². The van der Waals surface area contributed by atoms with E-state index in [2.05, 4.69) is 10.1 Å². The molecule has 0 atom stereocenters. The Bertz CT molecular complexity index is 1010. The molecule has 0 N–H and O–H groups in total. The molecular weight excluding hydrogens is 374 g/mol. The summed E-state index contributed by atoms with van der Waals surface area (Å²) in [6.45, 7) is 2.44. The van der Waals surface area contributed by atoms with E-state index in [4.69, 9.17) is 16.3 Å². The first-order valence-corrected chi connectivity index (χ1v) is 9.17. The van der Waals surface area contributed by atoms with Crippen molar-refractivity contribution < 1.29 is 14.3 Å². The maximum Gasteiger partial charge on any atom is 0.348 e. The number of pyridine rings is 1. The Kier molecular flexibility index (Phi) is 5.49. The van der Waals surface area contributed by atoms with E-state index >= 15 is 0 Å². The van der Waals surface area contributed by atoms with Gasteiger partial charge in [-0.1, -0.05) is 0 Å². The number of aryl methyl sites for hydroxylation is 2. The number of ketones is 1. The highest BCUT2D eigenvalue weighted by Crippen LogP contribution is 2.30. The van der Waals surface area contributed by atoms with Crippen molar-refractivity contribution in [2.45, 2.75) is 13.5 Å². The molecule has 0 aliphatic rings. The van der Waals surface area contributed by atoms with Gasteiger partial charge in [-0.3, -0.25) is 9.48 Å². The maximum absolute atomic E-state index is 12.4. The van der Waals surface area contributed by atoms with E-state index in [1.807, 2.05) is 13.1 Å². The van der Waals surface area contributed by atoms with Crippen LogP contribution in [0.2, 0.25) is 0 Å². The molecule has 0 saturated heterocycles. The van der Waals surface area contributed by atoms with Crippen molar-refractivity contribution in [2.24, 2.45) is 0 Å². The second-order valence-corrected chi connectivity index (χ2v) is 6.92. The quantitative estimate of drug-likeness (QED) is 0.278. The number of rotatable bonds is 6. The number of thiophene rings is 1. The number of halogens is 1. The predicted octanol–water partition coefficient (Wildman–Crippen LogP) is 3.72. The van der Waals surface area contributed by atoms with Gasteiger partial charge in [0.25, 0.3) is 0 Å². The molecule has 3 heterocycles. The number of alkyl halides is 1. The molecule has 26 heavy (non-hydrogen) atoms. The van der Waals surface area contributed by atoms with E-state index in [0.29, 0.717) is 27.7 Å². The van der Waals surface area contributed by atoms with Gasteiger partial charge in [-0.25, -0.2) is 9.78 Å². The second-order valence-electron chi connectivity index (χ2n) is 5.55. The Morgan fingerprint density at radius 2 is 2.19 bits per heavy atom. The van der Waals surface area contributed by atoms with Gasteiger partial charge in [0, 0.05) is 34.8 Å². The number of methoxy groups -OCH3 is 1. The Labute approximate surface area is 159 Å². The van der Waals surface area contributed by atoms with Gasteiger partial charge in [-0.15, -0.1) is 22.9 Å². The number of fused-ring (bicyclic) bond motifs is 1. The summed E-state index contributed by atoms with van der Waals surface area (Å²) >= 11 is 6.93. The molecule has 0 aromatic carbocycles. The number of hydrogen-bond acceptors (Lipinski definition) is 6.